The molecule has 0 amide bonds. The molecule has 7 nitrogen and oxygen atoms in total. The van der Waals surface area contributed by atoms with Crippen molar-refractivity contribution < 1.29 is 14.6 Å². The van der Waals surface area contributed by atoms with Crippen molar-refractivity contribution in [1.82, 2.24) is 15.0 Å². The van der Waals surface area contributed by atoms with Gasteiger partial charge >= 0.3 is 0 Å². The number of nitrogens with zero attached hydrogens (tertiary/aromatic N) is 3. The van der Waals surface area contributed by atoms with Gasteiger partial charge in [0, 0.05) is 18.2 Å². The molecule has 1 atom stereocenters. The van der Waals surface area contributed by atoms with Gasteiger partial charge in [-0.1, -0.05) is 16.8 Å². The monoisotopic (exact) mass is 339 g/mol. The van der Waals surface area contributed by atoms with Crippen LogP contribution in [0.1, 0.15) is 12.8 Å². The van der Waals surface area contributed by atoms with Crippen LogP contribution < -0.4 is 5.56 Å². The smallest absolute Gasteiger partial charge is 0.277 e. The molecule has 0 radical (unpaired) electrons. The predicted molar refractivity (Wildman–Crippen MR) is 84.6 cm³/mol. The van der Waals surface area contributed by atoms with Gasteiger partial charge < -0.3 is 14.6 Å². The molecule has 0 spiro atoms. The molecule has 3 rings (SSSR count). The van der Waals surface area contributed by atoms with Crippen LogP contribution in [0, 0.1) is 0 Å². The van der Waals surface area contributed by atoms with Crippen molar-refractivity contribution >= 4 is 22.5 Å². The Balaban J connectivity index is 1.66. The highest BCUT2D eigenvalue weighted by atomic mass is 35.5. The Labute approximate surface area is 137 Å². The van der Waals surface area contributed by atoms with Gasteiger partial charge in [0.05, 0.1) is 30.7 Å². The zero-order chi connectivity index (χ0) is 16.2. The molecule has 1 aliphatic rings. The first-order chi connectivity index (χ1) is 11.1. The molecule has 8 heteroatoms. The van der Waals surface area contributed by atoms with E-state index in [4.69, 9.17) is 21.1 Å². The van der Waals surface area contributed by atoms with Crippen molar-refractivity contribution in [2.45, 2.75) is 31.6 Å². The maximum Gasteiger partial charge on any atom is 0.277 e. The fraction of sp³-hybridized carbons (Fsp3) is 0.533. The number of halogens is 1. The minimum Gasteiger partial charge on any atom is -0.389 e. The second-order valence-electron chi connectivity index (χ2n) is 5.54. The van der Waals surface area contributed by atoms with Gasteiger partial charge in [0.25, 0.3) is 5.56 Å². The average Bonchev–Trinajstić information content (AvgIpc) is 2.57. The minimum atomic E-state index is -0.832. The van der Waals surface area contributed by atoms with Crippen LogP contribution in [0.25, 0.3) is 10.9 Å². The van der Waals surface area contributed by atoms with Crippen molar-refractivity contribution in [3.05, 3.63) is 33.6 Å². The van der Waals surface area contributed by atoms with E-state index in [0.717, 1.165) is 17.5 Å². The number of aromatic nitrogens is 3. The highest BCUT2D eigenvalue weighted by Gasteiger charge is 2.17. The standard InChI is InChI=1S/C15H18ClN3O4/c16-10-1-2-14-13(7-10)15(21)19(18-17-14)8-11(20)9-23-12-3-5-22-6-4-12/h1-2,7,11-12,20H,3-6,8-9H2. The van der Waals surface area contributed by atoms with Crippen LogP contribution in [-0.2, 0) is 16.0 Å². The molecule has 1 aromatic heterocycles. The van der Waals surface area contributed by atoms with Gasteiger partial charge in [-0.3, -0.25) is 4.79 Å². The van der Waals surface area contributed by atoms with Crippen molar-refractivity contribution in [1.29, 1.82) is 0 Å². The van der Waals surface area contributed by atoms with Crippen LogP contribution in [-0.4, -0.2) is 52.1 Å². The first-order valence-corrected chi connectivity index (χ1v) is 7.92. The van der Waals surface area contributed by atoms with Crippen LogP contribution in [0.3, 0.4) is 0 Å². The fourth-order valence-electron chi connectivity index (χ4n) is 2.51. The van der Waals surface area contributed by atoms with Crippen molar-refractivity contribution in [3.8, 4) is 0 Å². The maximum atomic E-state index is 12.4. The normalized spacial score (nSPS) is 17.5. The van der Waals surface area contributed by atoms with Crippen LogP contribution >= 0.6 is 11.6 Å². The Morgan fingerprint density at radius 2 is 2.22 bits per heavy atom. The van der Waals surface area contributed by atoms with Gasteiger partial charge in [0.2, 0.25) is 0 Å². The Hall–Kier alpha value is -1.54. The lowest BCUT2D eigenvalue weighted by Gasteiger charge is -2.23. The zero-order valence-corrected chi connectivity index (χ0v) is 13.3. The third-order valence-electron chi connectivity index (χ3n) is 3.76. The molecule has 2 aromatic rings. The van der Waals surface area contributed by atoms with E-state index in [1.807, 2.05) is 0 Å². The quantitative estimate of drug-likeness (QED) is 0.874. The Kier molecular flexibility index (Phi) is 5.22. The molecular formula is C15H18ClN3O4. The number of rotatable bonds is 5. The minimum absolute atomic E-state index is 0.0253. The molecule has 0 aliphatic carbocycles. The number of benzene rings is 1. The SMILES string of the molecule is O=c1c2cc(Cl)ccc2nnn1CC(O)COC1CCOCC1. The third kappa shape index (κ3) is 4.06. The molecule has 1 fully saturated rings. The van der Waals surface area contributed by atoms with Gasteiger partial charge in [-0.05, 0) is 31.0 Å². The molecule has 0 saturated carbocycles. The van der Waals surface area contributed by atoms with Gasteiger partial charge in [0.15, 0.2) is 0 Å². The van der Waals surface area contributed by atoms with Gasteiger partial charge in [-0.25, -0.2) is 4.68 Å². The topological polar surface area (TPSA) is 86.5 Å². The van der Waals surface area contributed by atoms with Gasteiger partial charge in [-0.15, -0.1) is 5.10 Å². The first kappa shape index (κ1) is 16.3. The summed E-state index contributed by atoms with van der Waals surface area (Å²) in [6.45, 7) is 1.53. The second-order valence-corrected chi connectivity index (χ2v) is 5.97. The largest absolute Gasteiger partial charge is 0.389 e. The van der Waals surface area contributed by atoms with E-state index in [2.05, 4.69) is 10.3 Å². The lowest BCUT2D eigenvalue weighted by Crippen LogP contribution is -2.34. The van der Waals surface area contributed by atoms with Crippen molar-refractivity contribution in [3.63, 3.8) is 0 Å². The number of ether oxygens (including phenoxy) is 2. The molecule has 2 heterocycles. The molecule has 1 saturated heterocycles. The number of hydrogen-bond acceptors (Lipinski definition) is 6. The maximum absolute atomic E-state index is 12.4. The van der Waals surface area contributed by atoms with Crippen LogP contribution in [0.2, 0.25) is 5.02 Å². The summed E-state index contributed by atoms with van der Waals surface area (Å²) in [5.74, 6) is 0. The number of aliphatic hydroxyl groups excluding tert-OH is 1. The lowest BCUT2D eigenvalue weighted by atomic mass is 10.1. The molecule has 1 unspecified atom stereocenters. The summed E-state index contributed by atoms with van der Waals surface area (Å²) < 4.78 is 12.0. The number of fused-ring (bicyclic) bond motifs is 1. The van der Waals surface area contributed by atoms with E-state index in [1.165, 1.54) is 0 Å². The summed E-state index contributed by atoms with van der Waals surface area (Å²) >= 11 is 5.91. The summed E-state index contributed by atoms with van der Waals surface area (Å²) in [5.41, 5.74) is 0.145. The molecule has 1 N–H and O–H groups in total. The Morgan fingerprint density at radius 3 is 3.00 bits per heavy atom. The highest BCUT2D eigenvalue weighted by Crippen LogP contribution is 2.14. The van der Waals surface area contributed by atoms with E-state index in [-0.39, 0.29) is 24.8 Å². The highest BCUT2D eigenvalue weighted by molar-refractivity contribution is 6.31. The predicted octanol–water partition coefficient (Wildman–Crippen LogP) is 1.00. The fourth-order valence-corrected chi connectivity index (χ4v) is 2.68. The molecule has 23 heavy (non-hydrogen) atoms. The van der Waals surface area contributed by atoms with E-state index >= 15 is 0 Å². The lowest BCUT2D eigenvalue weighted by molar-refractivity contribution is -0.0625. The summed E-state index contributed by atoms with van der Waals surface area (Å²) in [4.78, 5) is 12.4. The van der Waals surface area contributed by atoms with E-state index in [1.54, 1.807) is 18.2 Å². The van der Waals surface area contributed by atoms with Crippen LogP contribution in [0.5, 0.6) is 0 Å². The summed E-state index contributed by atoms with van der Waals surface area (Å²) in [5, 5.41) is 18.7. The van der Waals surface area contributed by atoms with E-state index < -0.39 is 6.10 Å². The molecular weight excluding hydrogens is 322 g/mol. The van der Waals surface area contributed by atoms with E-state index in [0.29, 0.717) is 29.1 Å². The summed E-state index contributed by atoms with van der Waals surface area (Å²) in [6, 6.07) is 4.84. The molecule has 124 valence electrons. The van der Waals surface area contributed by atoms with Gasteiger partial charge in [0.1, 0.15) is 5.52 Å². The third-order valence-corrected chi connectivity index (χ3v) is 4.00. The number of aliphatic hydroxyl groups is 1. The van der Waals surface area contributed by atoms with Gasteiger partial charge in [-0.2, -0.15) is 0 Å². The summed E-state index contributed by atoms with van der Waals surface area (Å²) in [6.07, 6.45) is 0.903. The number of hydrogen-bond donors (Lipinski definition) is 1. The van der Waals surface area contributed by atoms with Crippen molar-refractivity contribution in [2.24, 2.45) is 0 Å². The Bertz CT molecular complexity index is 730. The second kappa shape index (κ2) is 7.35. The molecule has 1 aromatic carbocycles. The van der Waals surface area contributed by atoms with Crippen LogP contribution in [0.15, 0.2) is 23.0 Å². The summed E-state index contributed by atoms with van der Waals surface area (Å²) in [7, 11) is 0. The van der Waals surface area contributed by atoms with Crippen molar-refractivity contribution in [2.75, 3.05) is 19.8 Å². The average molecular weight is 340 g/mol. The molecule has 1 aliphatic heterocycles. The molecule has 0 bridgehead atoms. The Morgan fingerprint density at radius 1 is 1.43 bits per heavy atom. The van der Waals surface area contributed by atoms with Crippen LogP contribution in [0.4, 0.5) is 0 Å². The first-order valence-electron chi connectivity index (χ1n) is 7.54. The zero-order valence-electron chi connectivity index (χ0n) is 12.5. The van der Waals surface area contributed by atoms with E-state index in [9.17, 15) is 9.90 Å².